The molecule has 8 aliphatic carbocycles. The molecule has 0 radical (unpaired) electrons. The van der Waals surface area contributed by atoms with Crippen molar-refractivity contribution >= 4 is 17.5 Å². The molecule has 5 nitrogen and oxygen atoms in total. The minimum Gasteiger partial charge on any atom is -0.445 e. The first kappa shape index (κ1) is 32.9. The fraction of sp³-hybridized carbons (Fsp3) is 0.738. The zero-order chi connectivity index (χ0) is 33.4. The first-order valence-electron chi connectivity index (χ1n) is 18.7. The summed E-state index contributed by atoms with van der Waals surface area (Å²) in [5, 5.41) is 10.9. The minimum absolute atomic E-state index is 0.103. The average Bonchev–Trinajstić information content (AvgIpc) is 3.50. The maximum atomic E-state index is 11.8. The molecular weight excluding hydrogens is 584 g/mol. The average molecular weight is 639 g/mol. The third-order valence-electron chi connectivity index (χ3n) is 15.7. The molecule has 4 unspecified atom stereocenters. The fourth-order valence-electron chi connectivity index (χ4n) is 13.3. The SMILES string of the molecule is C#C[C@]1(O)CC[C@H]2[C@@H]3CCC4=CC(=O)CC[C@@H]4[C@H]3CC[C@@]21C.C#C[C@]1(OC(C)=O)CCC2C3CCC4=CC(=O)CCC4C3CC[C@@]21C. The highest BCUT2D eigenvalue weighted by Crippen LogP contribution is 2.66. The van der Waals surface area contributed by atoms with Crippen molar-refractivity contribution in [3.63, 3.8) is 0 Å². The van der Waals surface area contributed by atoms with Crippen molar-refractivity contribution in [2.45, 2.75) is 135 Å². The summed E-state index contributed by atoms with van der Waals surface area (Å²) in [4.78, 5) is 35.2. The van der Waals surface area contributed by atoms with Crippen LogP contribution in [-0.4, -0.2) is 33.8 Å². The lowest BCUT2D eigenvalue weighted by Gasteiger charge is -2.55. The normalized spacial score (nSPS) is 47.8. The number of esters is 1. The van der Waals surface area contributed by atoms with Gasteiger partial charge in [0.25, 0.3) is 0 Å². The Balaban J connectivity index is 0.000000151. The first-order valence-corrected chi connectivity index (χ1v) is 18.7. The monoisotopic (exact) mass is 638 g/mol. The number of allylic oxidation sites excluding steroid dienone is 2. The second-order valence-electron chi connectivity index (χ2n) is 17.2. The van der Waals surface area contributed by atoms with Crippen LogP contribution in [-0.2, 0) is 19.1 Å². The Bertz CT molecular complexity index is 1490. The quantitative estimate of drug-likeness (QED) is 0.237. The molecule has 6 fully saturated rings. The number of terminal acetylenes is 2. The number of rotatable bonds is 1. The molecule has 0 aliphatic heterocycles. The van der Waals surface area contributed by atoms with Gasteiger partial charge in [0.05, 0.1) is 0 Å². The van der Waals surface area contributed by atoms with E-state index in [1.807, 2.05) is 12.2 Å². The van der Waals surface area contributed by atoms with Crippen molar-refractivity contribution in [1.82, 2.24) is 0 Å². The molecule has 252 valence electrons. The number of hydrogen-bond donors (Lipinski definition) is 1. The zero-order valence-electron chi connectivity index (χ0n) is 28.8. The van der Waals surface area contributed by atoms with Gasteiger partial charge < -0.3 is 9.84 Å². The van der Waals surface area contributed by atoms with Crippen molar-refractivity contribution in [3.8, 4) is 24.7 Å². The van der Waals surface area contributed by atoms with Gasteiger partial charge in [0.15, 0.2) is 17.2 Å². The van der Waals surface area contributed by atoms with E-state index in [-0.39, 0.29) is 16.8 Å². The van der Waals surface area contributed by atoms with Crippen LogP contribution in [0.1, 0.15) is 124 Å². The molecule has 0 spiro atoms. The molecule has 5 heteroatoms. The van der Waals surface area contributed by atoms with Crippen LogP contribution in [0.5, 0.6) is 0 Å². The van der Waals surface area contributed by atoms with Gasteiger partial charge in [-0.1, -0.05) is 36.8 Å². The van der Waals surface area contributed by atoms with E-state index in [4.69, 9.17) is 17.6 Å². The molecule has 8 rings (SSSR count). The van der Waals surface area contributed by atoms with Gasteiger partial charge in [-0.3, -0.25) is 14.4 Å². The zero-order valence-corrected chi connectivity index (χ0v) is 28.8. The van der Waals surface area contributed by atoms with Gasteiger partial charge in [-0.05, 0) is 149 Å². The second-order valence-corrected chi connectivity index (χ2v) is 17.2. The summed E-state index contributed by atoms with van der Waals surface area (Å²) in [5.74, 6) is 11.1. The highest BCUT2D eigenvalue weighted by atomic mass is 16.6. The highest BCUT2D eigenvalue weighted by molar-refractivity contribution is 5.91. The van der Waals surface area contributed by atoms with Crippen molar-refractivity contribution in [2.75, 3.05) is 0 Å². The molecule has 0 aromatic rings. The lowest BCUT2D eigenvalue weighted by atomic mass is 9.50. The predicted molar refractivity (Wildman–Crippen MR) is 181 cm³/mol. The van der Waals surface area contributed by atoms with E-state index < -0.39 is 11.2 Å². The van der Waals surface area contributed by atoms with E-state index in [1.165, 1.54) is 24.5 Å². The standard InChI is InChI=1S/C22H28O3.C20H26O2/c1-4-22(25-14(2)23)12-10-20-19-7-5-15-13-16(24)6-8-17(15)18(19)9-11-21(20,22)3;1-3-20(22)11-9-18-17-6-4-13-12-14(21)5-7-15(13)16(17)8-10-19(18,20)2/h1,13,17-20H,5-12H2,2-3H3;1,12,15-18,22H,4-11H2,2H3/t17?,18?,19?,20?,21-,22-;15-,16+,17+,18-,19-,20-/m00/s1. The Kier molecular flexibility index (Phi) is 8.23. The number of ketones is 2. The summed E-state index contributed by atoms with van der Waals surface area (Å²) < 4.78 is 5.79. The topological polar surface area (TPSA) is 80.7 Å². The first-order chi connectivity index (χ1) is 22.4. The minimum atomic E-state index is -0.902. The third-order valence-corrected chi connectivity index (χ3v) is 15.7. The fourth-order valence-corrected chi connectivity index (χ4v) is 13.3. The highest BCUT2D eigenvalue weighted by Gasteiger charge is 2.65. The molecule has 0 amide bonds. The molecule has 12 atom stereocenters. The molecule has 8 aliphatic rings. The number of aliphatic hydroxyl groups is 1. The van der Waals surface area contributed by atoms with Gasteiger partial charge in [0.2, 0.25) is 0 Å². The summed E-state index contributed by atoms with van der Waals surface area (Å²) in [5.41, 5.74) is 0.983. The van der Waals surface area contributed by atoms with Gasteiger partial charge in [-0.15, -0.1) is 12.8 Å². The summed E-state index contributed by atoms with van der Waals surface area (Å²) >= 11 is 0. The van der Waals surface area contributed by atoms with Crippen LogP contribution in [0.3, 0.4) is 0 Å². The Morgan fingerprint density at radius 1 is 0.702 bits per heavy atom. The van der Waals surface area contributed by atoms with Gasteiger partial charge in [0.1, 0.15) is 5.60 Å². The van der Waals surface area contributed by atoms with Crippen LogP contribution in [0.25, 0.3) is 0 Å². The molecular formula is C42H54O5. The maximum absolute atomic E-state index is 11.8. The third kappa shape index (κ3) is 4.96. The van der Waals surface area contributed by atoms with E-state index in [2.05, 4.69) is 25.7 Å². The van der Waals surface area contributed by atoms with Crippen LogP contribution in [0.2, 0.25) is 0 Å². The second kappa shape index (κ2) is 11.8. The largest absolute Gasteiger partial charge is 0.445 e. The molecule has 0 saturated heterocycles. The lowest BCUT2D eigenvalue weighted by molar-refractivity contribution is -0.167. The van der Waals surface area contributed by atoms with Gasteiger partial charge >= 0.3 is 5.97 Å². The molecule has 1 N–H and O–H groups in total. The van der Waals surface area contributed by atoms with Crippen molar-refractivity contribution in [3.05, 3.63) is 23.3 Å². The molecule has 0 aromatic carbocycles. The smallest absolute Gasteiger partial charge is 0.304 e. The van der Waals surface area contributed by atoms with Crippen LogP contribution in [0, 0.1) is 82.9 Å². The van der Waals surface area contributed by atoms with Gasteiger partial charge in [-0.2, -0.15) is 0 Å². The van der Waals surface area contributed by atoms with Crippen LogP contribution in [0.15, 0.2) is 23.3 Å². The molecule has 0 aromatic heterocycles. The Hall–Kier alpha value is -2.63. The van der Waals surface area contributed by atoms with E-state index in [0.717, 1.165) is 89.9 Å². The van der Waals surface area contributed by atoms with E-state index >= 15 is 0 Å². The summed E-state index contributed by atoms with van der Waals surface area (Å²) in [6, 6.07) is 0. The molecule has 0 bridgehead atoms. The van der Waals surface area contributed by atoms with Crippen molar-refractivity contribution in [1.29, 1.82) is 0 Å². The Labute approximate surface area is 282 Å². The van der Waals surface area contributed by atoms with Crippen LogP contribution >= 0.6 is 0 Å². The van der Waals surface area contributed by atoms with Crippen LogP contribution in [0.4, 0.5) is 0 Å². The van der Waals surface area contributed by atoms with Gasteiger partial charge in [0, 0.05) is 30.6 Å². The molecule has 47 heavy (non-hydrogen) atoms. The summed E-state index contributed by atoms with van der Waals surface area (Å²) in [6.45, 7) is 5.97. The number of ether oxygens (including phenoxy) is 1. The van der Waals surface area contributed by atoms with Gasteiger partial charge in [-0.25, -0.2) is 0 Å². The number of carbonyl (C=O) groups excluding carboxylic acids is 3. The van der Waals surface area contributed by atoms with E-state index in [0.29, 0.717) is 65.3 Å². The van der Waals surface area contributed by atoms with E-state index in [9.17, 15) is 19.5 Å². The lowest BCUT2D eigenvalue weighted by Crippen LogP contribution is -2.53. The summed E-state index contributed by atoms with van der Waals surface area (Å²) in [6.07, 6.45) is 31.6. The molecule has 0 heterocycles. The number of hydrogen-bond acceptors (Lipinski definition) is 5. The maximum Gasteiger partial charge on any atom is 0.304 e. The van der Waals surface area contributed by atoms with E-state index in [1.54, 1.807) is 0 Å². The van der Waals surface area contributed by atoms with Crippen molar-refractivity contribution in [2.24, 2.45) is 58.2 Å². The van der Waals surface area contributed by atoms with Crippen LogP contribution < -0.4 is 0 Å². The molecule has 6 saturated carbocycles. The summed E-state index contributed by atoms with van der Waals surface area (Å²) in [7, 11) is 0. The Morgan fingerprint density at radius 3 is 1.72 bits per heavy atom. The number of fused-ring (bicyclic) bond motifs is 10. The predicted octanol–water partition coefficient (Wildman–Crippen LogP) is 7.56. The Morgan fingerprint density at radius 2 is 1.21 bits per heavy atom. The van der Waals surface area contributed by atoms with Crippen molar-refractivity contribution < 1.29 is 24.2 Å². The number of carbonyl (C=O) groups is 3.